The fourth-order valence-corrected chi connectivity index (χ4v) is 5.64. The monoisotopic (exact) mass is 463 g/mol. The van der Waals surface area contributed by atoms with Crippen LogP contribution in [0.3, 0.4) is 0 Å². The van der Waals surface area contributed by atoms with Gasteiger partial charge in [-0.25, -0.2) is 4.39 Å². The minimum Gasteiger partial charge on any atom is -0.336 e. The van der Waals surface area contributed by atoms with E-state index in [9.17, 15) is 0 Å². The summed E-state index contributed by atoms with van der Waals surface area (Å²) in [5.74, 6) is -0.145. The van der Waals surface area contributed by atoms with Gasteiger partial charge in [0.05, 0.1) is 0 Å². The maximum Gasteiger partial charge on any atom is 0.131 e. The molecule has 0 saturated carbocycles. The summed E-state index contributed by atoms with van der Waals surface area (Å²) in [5.41, 5.74) is 10.7. The number of fused-ring (bicyclic) bond motifs is 3. The van der Waals surface area contributed by atoms with E-state index in [1.54, 1.807) is 6.07 Å². The van der Waals surface area contributed by atoms with Crippen molar-refractivity contribution in [3.63, 3.8) is 0 Å². The summed E-state index contributed by atoms with van der Waals surface area (Å²) in [6.45, 7) is 15.5. The zero-order valence-corrected chi connectivity index (χ0v) is 21.8. The molecular weight excluding hydrogens is 429 g/mol. The Balaban J connectivity index is 1.75. The molecule has 0 bridgehead atoms. The molecule has 178 valence electrons. The number of halogens is 1. The highest BCUT2D eigenvalue weighted by molar-refractivity contribution is 5.87. The molecule has 0 atom stereocenters. The maximum absolute atomic E-state index is 15.2. The molecule has 0 saturated heterocycles. The summed E-state index contributed by atoms with van der Waals surface area (Å²) in [6.07, 6.45) is 0. The summed E-state index contributed by atoms with van der Waals surface area (Å²) in [4.78, 5) is 2.43. The van der Waals surface area contributed by atoms with E-state index in [4.69, 9.17) is 0 Å². The first-order valence-corrected chi connectivity index (χ1v) is 12.4. The van der Waals surface area contributed by atoms with Crippen molar-refractivity contribution >= 4 is 11.4 Å². The van der Waals surface area contributed by atoms with E-state index in [1.165, 1.54) is 33.5 Å². The lowest BCUT2D eigenvalue weighted by Gasteiger charge is -2.40. The van der Waals surface area contributed by atoms with Crippen LogP contribution in [-0.2, 0) is 5.41 Å². The summed E-state index contributed by atoms with van der Waals surface area (Å²) in [5, 5.41) is 0. The third-order valence-corrected chi connectivity index (χ3v) is 7.43. The minimum atomic E-state index is -0.230. The quantitative estimate of drug-likeness (QED) is 0.292. The SMILES string of the molecule is Cc1ccc(-c2ccccc2)cc1N(c1cc2c(cc1C)C(C)(C)c1cccc(F)c1-2)C(C)(C)C. The van der Waals surface area contributed by atoms with Crippen LogP contribution in [-0.4, -0.2) is 5.54 Å². The molecule has 0 amide bonds. The molecule has 35 heavy (non-hydrogen) atoms. The van der Waals surface area contributed by atoms with Gasteiger partial charge in [0.15, 0.2) is 0 Å². The van der Waals surface area contributed by atoms with Gasteiger partial charge in [0.1, 0.15) is 5.82 Å². The molecule has 0 aliphatic heterocycles. The Labute approximate surface area is 209 Å². The third kappa shape index (κ3) is 3.76. The van der Waals surface area contributed by atoms with Gasteiger partial charge in [-0.3, -0.25) is 0 Å². The van der Waals surface area contributed by atoms with E-state index in [2.05, 4.69) is 114 Å². The normalized spacial score (nSPS) is 13.9. The van der Waals surface area contributed by atoms with Crippen LogP contribution in [0.5, 0.6) is 0 Å². The van der Waals surface area contributed by atoms with Crippen LogP contribution in [0.2, 0.25) is 0 Å². The topological polar surface area (TPSA) is 3.24 Å². The smallest absolute Gasteiger partial charge is 0.131 e. The Bertz CT molecular complexity index is 1420. The number of nitrogens with zero attached hydrogens (tertiary/aromatic N) is 1. The van der Waals surface area contributed by atoms with Crippen LogP contribution >= 0.6 is 0 Å². The van der Waals surface area contributed by atoms with Crippen molar-refractivity contribution in [1.82, 2.24) is 0 Å². The molecule has 1 aliphatic carbocycles. The van der Waals surface area contributed by atoms with Crippen LogP contribution < -0.4 is 4.90 Å². The summed E-state index contributed by atoms with van der Waals surface area (Å²) in [7, 11) is 0. The standard InChI is InChI=1S/C33H34FN/c1-21-16-17-24(23-12-9-8-10-13-23)19-29(21)35(32(3,4)5)30-20-25-27(18-22(30)2)33(6,7)26-14-11-15-28(34)31(25)26/h8-20H,1-7H3. The van der Waals surface area contributed by atoms with Crippen molar-refractivity contribution < 1.29 is 4.39 Å². The summed E-state index contributed by atoms with van der Waals surface area (Å²) in [6, 6.07) is 27.2. The molecule has 0 aromatic heterocycles. The van der Waals surface area contributed by atoms with Gasteiger partial charge < -0.3 is 4.90 Å². The molecule has 5 rings (SSSR count). The largest absolute Gasteiger partial charge is 0.336 e. The summed E-state index contributed by atoms with van der Waals surface area (Å²) < 4.78 is 15.2. The molecule has 0 radical (unpaired) electrons. The third-order valence-electron chi connectivity index (χ3n) is 7.43. The van der Waals surface area contributed by atoms with Gasteiger partial charge in [-0.15, -0.1) is 0 Å². The van der Waals surface area contributed by atoms with E-state index in [0.717, 1.165) is 22.4 Å². The van der Waals surface area contributed by atoms with Gasteiger partial charge in [0.25, 0.3) is 0 Å². The van der Waals surface area contributed by atoms with Crippen molar-refractivity contribution in [1.29, 1.82) is 0 Å². The van der Waals surface area contributed by atoms with Crippen LogP contribution in [0.4, 0.5) is 15.8 Å². The van der Waals surface area contributed by atoms with E-state index in [0.29, 0.717) is 0 Å². The van der Waals surface area contributed by atoms with Gasteiger partial charge >= 0.3 is 0 Å². The number of hydrogen-bond donors (Lipinski definition) is 0. The Hall–Kier alpha value is -3.39. The van der Waals surface area contributed by atoms with Crippen LogP contribution in [0.25, 0.3) is 22.3 Å². The fourth-order valence-electron chi connectivity index (χ4n) is 5.64. The highest BCUT2D eigenvalue weighted by atomic mass is 19.1. The minimum absolute atomic E-state index is 0.145. The lowest BCUT2D eigenvalue weighted by Crippen LogP contribution is -2.38. The van der Waals surface area contributed by atoms with Crippen molar-refractivity contribution in [2.75, 3.05) is 4.90 Å². The average Bonchev–Trinajstić information content (AvgIpc) is 3.02. The molecule has 0 unspecified atom stereocenters. The molecule has 1 aliphatic rings. The Morgan fingerprint density at radius 3 is 2.06 bits per heavy atom. The highest BCUT2D eigenvalue weighted by Gasteiger charge is 2.38. The number of anilines is 2. The zero-order valence-electron chi connectivity index (χ0n) is 21.8. The lowest BCUT2D eigenvalue weighted by atomic mass is 9.81. The van der Waals surface area contributed by atoms with Crippen LogP contribution in [0, 0.1) is 19.7 Å². The second kappa shape index (κ2) is 8.09. The number of hydrogen-bond acceptors (Lipinski definition) is 1. The van der Waals surface area contributed by atoms with Crippen molar-refractivity contribution in [2.45, 2.75) is 59.4 Å². The van der Waals surface area contributed by atoms with E-state index in [-0.39, 0.29) is 16.8 Å². The maximum atomic E-state index is 15.2. The van der Waals surface area contributed by atoms with Crippen LogP contribution in [0.1, 0.15) is 56.9 Å². The Morgan fingerprint density at radius 1 is 0.686 bits per heavy atom. The second-order valence-corrected chi connectivity index (χ2v) is 11.3. The highest BCUT2D eigenvalue weighted by Crippen LogP contribution is 2.52. The van der Waals surface area contributed by atoms with E-state index in [1.807, 2.05) is 12.1 Å². The van der Waals surface area contributed by atoms with E-state index < -0.39 is 0 Å². The van der Waals surface area contributed by atoms with Gasteiger partial charge in [-0.1, -0.05) is 74.5 Å². The second-order valence-electron chi connectivity index (χ2n) is 11.3. The summed E-state index contributed by atoms with van der Waals surface area (Å²) >= 11 is 0. The fraction of sp³-hybridized carbons (Fsp3) is 0.273. The molecule has 0 fully saturated rings. The number of aryl methyl sites for hydroxylation is 2. The van der Waals surface area contributed by atoms with Gasteiger partial charge in [0, 0.05) is 27.9 Å². The van der Waals surface area contributed by atoms with Gasteiger partial charge in [0.2, 0.25) is 0 Å². The molecule has 0 N–H and O–H groups in total. The predicted molar refractivity (Wildman–Crippen MR) is 147 cm³/mol. The molecule has 4 aromatic rings. The first-order chi connectivity index (χ1) is 16.5. The number of rotatable bonds is 3. The molecule has 0 heterocycles. The Kier molecular flexibility index (Phi) is 5.40. The van der Waals surface area contributed by atoms with Gasteiger partial charge in [-0.2, -0.15) is 0 Å². The van der Waals surface area contributed by atoms with E-state index >= 15 is 4.39 Å². The first kappa shape index (κ1) is 23.4. The predicted octanol–water partition coefficient (Wildman–Crippen LogP) is 9.35. The van der Waals surface area contributed by atoms with Crippen LogP contribution in [0.15, 0.2) is 78.9 Å². The molecule has 2 heteroatoms. The molecule has 0 spiro atoms. The molecule has 4 aromatic carbocycles. The Morgan fingerprint density at radius 2 is 1.37 bits per heavy atom. The van der Waals surface area contributed by atoms with Gasteiger partial charge in [-0.05, 0) is 91.8 Å². The van der Waals surface area contributed by atoms with Crippen molar-refractivity contribution in [2.24, 2.45) is 0 Å². The molecule has 1 nitrogen and oxygen atoms in total. The van der Waals surface area contributed by atoms with Crippen molar-refractivity contribution in [3.05, 3.63) is 107 Å². The average molecular weight is 464 g/mol. The lowest BCUT2D eigenvalue weighted by molar-refractivity contribution is 0.558. The number of benzene rings is 4. The molecular formula is C33H34FN. The zero-order chi connectivity index (χ0) is 25.1. The first-order valence-electron chi connectivity index (χ1n) is 12.4. The van der Waals surface area contributed by atoms with Crippen molar-refractivity contribution in [3.8, 4) is 22.3 Å².